The molecule has 21 heavy (non-hydrogen) atoms. The molecule has 0 saturated heterocycles. The van der Waals surface area contributed by atoms with Gasteiger partial charge in [0.2, 0.25) is 0 Å². The maximum atomic E-state index is 13.6. The van der Waals surface area contributed by atoms with Crippen molar-refractivity contribution >= 4 is 23.3 Å². The molecule has 0 aliphatic carbocycles. The van der Waals surface area contributed by atoms with Crippen molar-refractivity contribution < 1.29 is 13.9 Å². The molecule has 0 spiro atoms. The van der Waals surface area contributed by atoms with E-state index in [9.17, 15) is 9.18 Å². The minimum atomic E-state index is -0.812. The highest BCUT2D eigenvalue weighted by molar-refractivity contribution is 6.31. The van der Waals surface area contributed by atoms with Crippen molar-refractivity contribution in [3.05, 3.63) is 63.9 Å². The van der Waals surface area contributed by atoms with E-state index in [-0.39, 0.29) is 17.9 Å². The molecular formula is C15H10ClFN2O2. The first-order chi connectivity index (χ1) is 10.0. The second kappa shape index (κ2) is 6.25. The number of nitrogens with zero attached hydrogens (tertiary/aromatic N) is 1. The summed E-state index contributed by atoms with van der Waals surface area (Å²) < 4.78 is 18.6. The molecule has 0 aliphatic rings. The Bertz CT molecular complexity index is 741. The van der Waals surface area contributed by atoms with Crippen molar-refractivity contribution in [1.29, 1.82) is 5.26 Å². The lowest BCUT2D eigenvalue weighted by Gasteiger charge is -2.08. The van der Waals surface area contributed by atoms with Crippen molar-refractivity contribution in [2.75, 3.05) is 5.73 Å². The standard InChI is InChI=1S/C15H10ClFN2O2/c16-13-5-9(7-18)1-2-10(13)8-21-15(20)12-4-3-11(19)6-14(12)17/h1-6H,8,19H2. The molecule has 0 radical (unpaired) electrons. The Hall–Kier alpha value is -2.58. The summed E-state index contributed by atoms with van der Waals surface area (Å²) in [6.45, 7) is -0.118. The van der Waals surface area contributed by atoms with Crippen molar-refractivity contribution in [2.45, 2.75) is 6.61 Å². The highest BCUT2D eigenvalue weighted by Crippen LogP contribution is 2.20. The number of carbonyl (C=O) groups is 1. The molecule has 0 fully saturated rings. The predicted molar refractivity (Wildman–Crippen MR) is 76.1 cm³/mol. The van der Waals surface area contributed by atoms with E-state index in [2.05, 4.69) is 0 Å². The van der Waals surface area contributed by atoms with Gasteiger partial charge in [0.1, 0.15) is 12.4 Å². The van der Waals surface area contributed by atoms with E-state index < -0.39 is 11.8 Å². The Morgan fingerprint density at radius 2 is 2.10 bits per heavy atom. The van der Waals surface area contributed by atoms with Crippen LogP contribution >= 0.6 is 11.6 Å². The number of anilines is 1. The molecule has 0 heterocycles. The zero-order valence-electron chi connectivity index (χ0n) is 10.8. The summed E-state index contributed by atoms with van der Waals surface area (Å²) in [5.74, 6) is -1.56. The van der Waals surface area contributed by atoms with Crippen molar-refractivity contribution in [1.82, 2.24) is 0 Å². The third kappa shape index (κ3) is 3.50. The number of hydrogen-bond donors (Lipinski definition) is 1. The first-order valence-electron chi connectivity index (χ1n) is 5.92. The SMILES string of the molecule is N#Cc1ccc(COC(=O)c2ccc(N)cc2F)c(Cl)c1. The summed E-state index contributed by atoms with van der Waals surface area (Å²) in [5, 5.41) is 9.03. The Morgan fingerprint density at radius 1 is 1.33 bits per heavy atom. The highest BCUT2D eigenvalue weighted by Gasteiger charge is 2.14. The lowest BCUT2D eigenvalue weighted by molar-refractivity contribution is 0.0467. The second-order valence-electron chi connectivity index (χ2n) is 4.23. The van der Waals surface area contributed by atoms with Crippen LogP contribution < -0.4 is 5.73 Å². The van der Waals surface area contributed by atoms with Gasteiger partial charge in [0.15, 0.2) is 0 Å². The zero-order valence-corrected chi connectivity index (χ0v) is 11.5. The van der Waals surface area contributed by atoms with Gasteiger partial charge in [-0.2, -0.15) is 5.26 Å². The van der Waals surface area contributed by atoms with E-state index >= 15 is 0 Å². The van der Waals surface area contributed by atoms with Crippen molar-refractivity contribution in [2.24, 2.45) is 0 Å². The molecule has 0 saturated carbocycles. The average molecular weight is 305 g/mol. The van der Waals surface area contributed by atoms with Crippen LogP contribution in [0.4, 0.5) is 10.1 Å². The number of ether oxygens (including phenoxy) is 1. The topological polar surface area (TPSA) is 76.1 Å². The molecule has 0 atom stereocenters. The van der Waals surface area contributed by atoms with Gasteiger partial charge in [0.25, 0.3) is 0 Å². The van der Waals surface area contributed by atoms with Crippen LogP contribution in [-0.2, 0) is 11.3 Å². The van der Waals surface area contributed by atoms with E-state index in [0.717, 1.165) is 6.07 Å². The molecule has 0 aromatic heterocycles. The molecule has 2 aromatic carbocycles. The first-order valence-corrected chi connectivity index (χ1v) is 6.29. The number of benzene rings is 2. The van der Waals surface area contributed by atoms with Gasteiger partial charge in [-0.25, -0.2) is 9.18 Å². The summed E-state index contributed by atoms with van der Waals surface area (Å²) in [6.07, 6.45) is 0. The van der Waals surface area contributed by atoms with Gasteiger partial charge in [-0.05, 0) is 30.3 Å². The van der Waals surface area contributed by atoms with E-state index in [1.807, 2.05) is 6.07 Å². The van der Waals surface area contributed by atoms with E-state index in [4.69, 9.17) is 27.3 Å². The Labute approximate surface area is 125 Å². The summed E-state index contributed by atoms with van der Waals surface area (Å²) in [5.41, 5.74) is 6.36. The summed E-state index contributed by atoms with van der Waals surface area (Å²) >= 11 is 5.96. The van der Waals surface area contributed by atoms with E-state index in [0.29, 0.717) is 16.1 Å². The predicted octanol–water partition coefficient (Wildman–Crippen LogP) is 3.29. The molecular weight excluding hydrogens is 295 g/mol. The number of nitriles is 1. The molecule has 4 nitrogen and oxygen atoms in total. The molecule has 2 N–H and O–H groups in total. The molecule has 0 aliphatic heterocycles. The van der Waals surface area contributed by atoms with E-state index in [1.54, 1.807) is 12.1 Å². The Morgan fingerprint density at radius 3 is 2.71 bits per heavy atom. The zero-order chi connectivity index (χ0) is 15.4. The van der Waals surface area contributed by atoms with Gasteiger partial charge < -0.3 is 10.5 Å². The van der Waals surface area contributed by atoms with Crippen LogP contribution in [0.1, 0.15) is 21.5 Å². The quantitative estimate of drug-likeness (QED) is 0.697. The number of hydrogen-bond acceptors (Lipinski definition) is 4. The fourth-order valence-corrected chi connectivity index (χ4v) is 1.89. The van der Waals surface area contributed by atoms with Crippen molar-refractivity contribution in [3.63, 3.8) is 0 Å². The molecule has 0 bridgehead atoms. The van der Waals surface area contributed by atoms with Gasteiger partial charge >= 0.3 is 5.97 Å². The lowest BCUT2D eigenvalue weighted by Crippen LogP contribution is -2.08. The molecule has 6 heteroatoms. The molecule has 0 unspecified atom stereocenters. The highest BCUT2D eigenvalue weighted by atomic mass is 35.5. The third-order valence-corrected chi connectivity index (χ3v) is 3.11. The van der Waals surface area contributed by atoms with Gasteiger partial charge in [0, 0.05) is 16.3 Å². The Balaban J connectivity index is 2.09. The van der Waals surface area contributed by atoms with Crippen LogP contribution in [0.5, 0.6) is 0 Å². The van der Waals surface area contributed by atoms with Crippen LogP contribution in [0.25, 0.3) is 0 Å². The third-order valence-electron chi connectivity index (χ3n) is 2.75. The molecule has 2 rings (SSSR count). The number of nitrogen functional groups attached to an aromatic ring is 1. The van der Waals surface area contributed by atoms with Crippen molar-refractivity contribution in [3.8, 4) is 6.07 Å². The number of rotatable bonds is 3. The minimum absolute atomic E-state index is 0.118. The fraction of sp³-hybridized carbons (Fsp3) is 0.0667. The number of esters is 1. The number of halogens is 2. The molecule has 0 amide bonds. The molecule has 106 valence electrons. The van der Waals surface area contributed by atoms with Crippen LogP contribution in [0, 0.1) is 17.1 Å². The average Bonchev–Trinajstić information content (AvgIpc) is 2.45. The second-order valence-corrected chi connectivity index (χ2v) is 4.64. The number of nitrogens with two attached hydrogens (primary N) is 1. The molecule has 2 aromatic rings. The van der Waals surface area contributed by atoms with Gasteiger partial charge in [-0.15, -0.1) is 0 Å². The Kier molecular flexibility index (Phi) is 4.41. The summed E-state index contributed by atoms with van der Waals surface area (Å²) in [4.78, 5) is 11.8. The van der Waals surface area contributed by atoms with Crippen LogP contribution in [0.2, 0.25) is 5.02 Å². The maximum absolute atomic E-state index is 13.6. The normalized spacial score (nSPS) is 9.95. The largest absolute Gasteiger partial charge is 0.457 e. The first kappa shape index (κ1) is 14.8. The van der Waals surface area contributed by atoms with E-state index in [1.165, 1.54) is 18.2 Å². The smallest absolute Gasteiger partial charge is 0.341 e. The number of carbonyl (C=O) groups excluding carboxylic acids is 1. The van der Waals surface area contributed by atoms with Crippen LogP contribution in [-0.4, -0.2) is 5.97 Å². The fourth-order valence-electron chi connectivity index (χ4n) is 1.65. The van der Waals surface area contributed by atoms with Gasteiger partial charge in [-0.3, -0.25) is 0 Å². The summed E-state index contributed by atoms with van der Waals surface area (Å²) in [7, 11) is 0. The minimum Gasteiger partial charge on any atom is -0.457 e. The summed E-state index contributed by atoms with van der Waals surface area (Å²) in [6, 6.07) is 10.3. The van der Waals surface area contributed by atoms with Gasteiger partial charge in [0.05, 0.1) is 17.2 Å². The monoisotopic (exact) mass is 304 g/mol. The van der Waals surface area contributed by atoms with Crippen LogP contribution in [0.3, 0.4) is 0 Å². The lowest BCUT2D eigenvalue weighted by atomic mass is 10.1. The van der Waals surface area contributed by atoms with Gasteiger partial charge in [-0.1, -0.05) is 17.7 Å². The maximum Gasteiger partial charge on any atom is 0.341 e. The van der Waals surface area contributed by atoms with Crippen LogP contribution in [0.15, 0.2) is 36.4 Å².